The smallest absolute Gasteiger partial charge is 0.259 e. The lowest BCUT2D eigenvalue weighted by molar-refractivity contribution is -0.125. The number of fused-ring (bicyclic) bond motifs is 2. The number of carbonyl (C=O) groups is 1. The Morgan fingerprint density at radius 1 is 1.03 bits per heavy atom. The number of amides is 1. The summed E-state index contributed by atoms with van der Waals surface area (Å²) in [6.45, 7) is 6.71. The summed E-state index contributed by atoms with van der Waals surface area (Å²) in [6, 6.07) is 16.3. The average Bonchev–Trinajstić information content (AvgIpc) is 3.24. The molecule has 0 atom stereocenters. The second kappa shape index (κ2) is 7.61. The lowest BCUT2D eigenvalue weighted by atomic mass is 9.99. The van der Waals surface area contributed by atoms with Crippen molar-refractivity contribution in [2.75, 3.05) is 31.9 Å². The molecule has 0 saturated heterocycles. The van der Waals surface area contributed by atoms with Gasteiger partial charge in [-0.05, 0) is 35.7 Å². The van der Waals surface area contributed by atoms with E-state index in [0.717, 1.165) is 49.8 Å². The number of nitrogens with two attached hydrogens (primary N) is 1. The van der Waals surface area contributed by atoms with E-state index in [0.29, 0.717) is 13.1 Å². The number of rotatable bonds is 4. The number of hydrogen-bond donors (Lipinski definition) is 1. The molecule has 2 aromatic carbocycles. The van der Waals surface area contributed by atoms with Gasteiger partial charge in [-0.2, -0.15) is 0 Å². The fraction of sp³-hybridized carbons (Fsp3) is 0.333. The highest BCUT2D eigenvalue weighted by atomic mass is 16.2. The molecule has 2 aromatic rings. The van der Waals surface area contributed by atoms with Crippen molar-refractivity contribution in [2.24, 2.45) is 4.99 Å². The van der Waals surface area contributed by atoms with Gasteiger partial charge in [-0.15, -0.1) is 0 Å². The van der Waals surface area contributed by atoms with Gasteiger partial charge in [-0.25, -0.2) is 0 Å². The molecular formula is C24H27N5O. The van der Waals surface area contributed by atoms with Gasteiger partial charge in [0.15, 0.2) is 0 Å². The number of aliphatic imine (C=N–C) groups is 1. The summed E-state index contributed by atoms with van der Waals surface area (Å²) >= 11 is 0. The molecule has 0 spiro atoms. The maximum Gasteiger partial charge on any atom is 0.259 e. The summed E-state index contributed by atoms with van der Waals surface area (Å²) in [5, 5.41) is 0. The summed E-state index contributed by atoms with van der Waals surface area (Å²) in [7, 11) is 0. The molecule has 6 heteroatoms. The molecule has 1 amide bonds. The standard InChI is InChI=1S/C24H27N5O/c1-17-4-2-3-5-19(17)15-29-23(30)21-16-27(14-18-6-8-20(25)9-7-18)12-10-22(21)28-13-11-26-24(28)29/h2-9H,10-16,25H2,1H3. The molecule has 0 unspecified atom stereocenters. The Hall–Kier alpha value is -3.12. The highest BCUT2D eigenvalue weighted by Crippen LogP contribution is 2.32. The minimum atomic E-state index is 0.104. The second-order valence-electron chi connectivity index (χ2n) is 8.28. The van der Waals surface area contributed by atoms with E-state index >= 15 is 0 Å². The van der Waals surface area contributed by atoms with Crippen molar-refractivity contribution in [2.45, 2.75) is 26.4 Å². The normalized spacial score (nSPS) is 19.1. The van der Waals surface area contributed by atoms with Crippen LogP contribution in [0.15, 0.2) is 64.8 Å². The van der Waals surface area contributed by atoms with E-state index in [9.17, 15) is 4.79 Å². The number of hydrogen-bond acceptors (Lipinski definition) is 5. The number of guanidine groups is 1. The van der Waals surface area contributed by atoms with Crippen LogP contribution in [0, 0.1) is 6.92 Å². The first-order chi connectivity index (χ1) is 14.6. The van der Waals surface area contributed by atoms with Crippen molar-refractivity contribution >= 4 is 17.6 Å². The van der Waals surface area contributed by atoms with Crippen LogP contribution in [-0.4, -0.2) is 52.7 Å². The Labute approximate surface area is 177 Å². The third-order valence-electron chi connectivity index (χ3n) is 6.26. The van der Waals surface area contributed by atoms with E-state index in [2.05, 4.69) is 46.0 Å². The summed E-state index contributed by atoms with van der Waals surface area (Å²) in [5.41, 5.74) is 12.3. The van der Waals surface area contributed by atoms with Crippen LogP contribution < -0.4 is 5.73 Å². The molecule has 0 fully saturated rings. The molecule has 0 bridgehead atoms. The van der Waals surface area contributed by atoms with Crippen LogP contribution >= 0.6 is 0 Å². The predicted molar refractivity (Wildman–Crippen MR) is 119 cm³/mol. The molecule has 0 aliphatic carbocycles. The van der Waals surface area contributed by atoms with E-state index < -0.39 is 0 Å². The van der Waals surface area contributed by atoms with Crippen molar-refractivity contribution in [3.05, 3.63) is 76.5 Å². The van der Waals surface area contributed by atoms with Gasteiger partial charge in [0, 0.05) is 44.0 Å². The molecule has 6 nitrogen and oxygen atoms in total. The average molecular weight is 402 g/mol. The van der Waals surface area contributed by atoms with Crippen molar-refractivity contribution in [3.63, 3.8) is 0 Å². The molecule has 2 N–H and O–H groups in total. The summed E-state index contributed by atoms with van der Waals surface area (Å²) < 4.78 is 0. The number of anilines is 1. The summed E-state index contributed by atoms with van der Waals surface area (Å²) in [6.07, 6.45) is 0.882. The van der Waals surface area contributed by atoms with E-state index in [1.54, 1.807) is 0 Å². The van der Waals surface area contributed by atoms with Gasteiger partial charge in [-0.3, -0.25) is 19.6 Å². The number of aryl methyl sites for hydroxylation is 1. The van der Waals surface area contributed by atoms with Crippen LogP contribution in [0.4, 0.5) is 5.69 Å². The Morgan fingerprint density at radius 2 is 1.83 bits per heavy atom. The Balaban J connectivity index is 1.40. The van der Waals surface area contributed by atoms with Crippen LogP contribution in [0.1, 0.15) is 23.1 Å². The molecule has 3 aliphatic heterocycles. The van der Waals surface area contributed by atoms with Crippen molar-refractivity contribution in [1.29, 1.82) is 0 Å². The topological polar surface area (TPSA) is 65.2 Å². The number of nitrogens with zero attached hydrogens (tertiary/aromatic N) is 4. The van der Waals surface area contributed by atoms with Crippen LogP contribution in [0.3, 0.4) is 0 Å². The second-order valence-corrected chi connectivity index (χ2v) is 8.28. The van der Waals surface area contributed by atoms with E-state index in [1.807, 2.05) is 29.2 Å². The van der Waals surface area contributed by atoms with Gasteiger partial charge in [0.25, 0.3) is 5.91 Å². The largest absolute Gasteiger partial charge is 0.399 e. The first-order valence-electron chi connectivity index (χ1n) is 10.6. The van der Waals surface area contributed by atoms with Crippen LogP contribution in [-0.2, 0) is 17.9 Å². The van der Waals surface area contributed by atoms with Gasteiger partial charge < -0.3 is 10.6 Å². The molecule has 3 aliphatic rings. The quantitative estimate of drug-likeness (QED) is 0.800. The highest BCUT2D eigenvalue weighted by Gasteiger charge is 2.41. The monoisotopic (exact) mass is 401 g/mol. The lowest BCUT2D eigenvalue weighted by Crippen LogP contribution is -2.53. The van der Waals surface area contributed by atoms with Crippen LogP contribution in [0.25, 0.3) is 0 Å². The van der Waals surface area contributed by atoms with Crippen LogP contribution in [0.5, 0.6) is 0 Å². The van der Waals surface area contributed by atoms with Crippen molar-refractivity contribution < 1.29 is 4.79 Å². The Bertz CT molecular complexity index is 1040. The maximum absolute atomic E-state index is 13.6. The van der Waals surface area contributed by atoms with Crippen LogP contribution in [0.2, 0.25) is 0 Å². The van der Waals surface area contributed by atoms with Gasteiger partial charge in [0.2, 0.25) is 5.96 Å². The Kier molecular flexibility index (Phi) is 4.79. The van der Waals surface area contributed by atoms with E-state index in [4.69, 9.17) is 5.73 Å². The first kappa shape index (κ1) is 18.9. The highest BCUT2D eigenvalue weighted by molar-refractivity contribution is 6.09. The zero-order valence-electron chi connectivity index (χ0n) is 17.3. The third kappa shape index (κ3) is 3.37. The van der Waals surface area contributed by atoms with Crippen molar-refractivity contribution in [1.82, 2.24) is 14.7 Å². The van der Waals surface area contributed by atoms with Gasteiger partial charge in [0.1, 0.15) is 0 Å². The molecule has 154 valence electrons. The molecule has 0 radical (unpaired) electrons. The van der Waals surface area contributed by atoms with E-state index in [1.165, 1.54) is 22.4 Å². The van der Waals surface area contributed by atoms with E-state index in [-0.39, 0.29) is 5.91 Å². The first-order valence-corrected chi connectivity index (χ1v) is 10.6. The van der Waals surface area contributed by atoms with Crippen molar-refractivity contribution in [3.8, 4) is 0 Å². The minimum absolute atomic E-state index is 0.104. The fourth-order valence-corrected chi connectivity index (χ4v) is 4.59. The van der Waals surface area contributed by atoms with Gasteiger partial charge in [-0.1, -0.05) is 36.4 Å². The third-order valence-corrected chi connectivity index (χ3v) is 6.26. The molecule has 3 heterocycles. The summed E-state index contributed by atoms with van der Waals surface area (Å²) in [5.74, 6) is 0.932. The van der Waals surface area contributed by atoms with Gasteiger partial charge in [0.05, 0.1) is 18.7 Å². The fourth-order valence-electron chi connectivity index (χ4n) is 4.59. The predicted octanol–water partition coefficient (Wildman–Crippen LogP) is 2.75. The SMILES string of the molecule is Cc1ccccc1CN1C(=O)C2=C(CCN(Cc3ccc(N)cc3)C2)N2CCN=C12. The molecule has 0 saturated carbocycles. The number of carbonyl (C=O) groups excluding carboxylic acids is 1. The number of benzene rings is 2. The Morgan fingerprint density at radius 3 is 2.63 bits per heavy atom. The summed E-state index contributed by atoms with van der Waals surface area (Å²) in [4.78, 5) is 24.8. The van der Waals surface area contributed by atoms with Gasteiger partial charge >= 0.3 is 0 Å². The zero-order valence-corrected chi connectivity index (χ0v) is 17.3. The lowest BCUT2D eigenvalue weighted by Gasteiger charge is -2.42. The zero-order chi connectivity index (χ0) is 20.7. The molecular weight excluding hydrogens is 374 g/mol. The molecule has 5 rings (SSSR count). The molecule has 0 aromatic heterocycles. The maximum atomic E-state index is 13.6. The number of nitrogen functional groups attached to an aromatic ring is 1. The molecule has 30 heavy (non-hydrogen) atoms. The minimum Gasteiger partial charge on any atom is -0.399 e.